The fourth-order valence-electron chi connectivity index (χ4n) is 4.79. The number of hydrogen-bond donors (Lipinski definition) is 0. The van der Waals surface area contributed by atoms with Crippen molar-refractivity contribution in [1.29, 1.82) is 0 Å². The van der Waals surface area contributed by atoms with Crippen molar-refractivity contribution >= 4 is 11.5 Å². The molecule has 28 heavy (non-hydrogen) atoms. The molecular formula is C25H34N2O. The molecule has 0 N–H and O–H groups in total. The summed E-state index contributed by atoms with van der Waals surface area (Å²) < 4.78 is 0. The normalized spacial score (nSPS) is 22.3. The van der Waals surface area contributed by atoms with Crippen LogP contribution < -0.4 is 4.90 Å². The van der Waals surface area contributed by atoms with E-state index in [1.165, 1.54) is 5.57 Å². The van der Waals surface area contributed by atoms with Crippen LogP contribution >= 0.6 is 0 Å². The smallest absolute Gasteiger partial charge is 0.163 e. The minimum Gasteiger partial charge on any atom is -0.318 e. The largest absolute Gasteiger partial charge is 0.318 e. The first-order chi connectivity index (χ1) is 13.0. The van der Waals surface area contributed by atoms with E-state index in [0.717, 1.165) is 29.8 Å². The number of likely N-dealkylation sites (tertiary alicyclic amines) is 1. The summed E-state index contributed by atoms with van der Waals surface area (Å²) in [5.74, 6) is 0.669. The van der Waals surface area contributed by atoms with E-state index in [1.54, 1.807) is 0 Å². The summed E-state index contributed by atoms with van der Waals surface area (Å²) in [6.07, 6.45) is 8.88. The highest BCUT2D eigenvalue weighted by Crippen LogP contribution is 2.41. The lowest BCUT2D eigenvalue weighted by atomic mass is 9.72. The maximum absolute atomic E-state index is 13.0. The van der Waals surface area contributed by atoms with Gasteiger partial charge in [0.25, 0.3) is 0 Å². The summed E-state index contributed by atoms with van der Waals surface area (Å²) in [7, 11) is 2.20. The van der Waals surface area contributed by atoms with Gasteiger partial charge < -0.3 is 4.90 Å². The van der Waals surface area contributed by atoms with Gasteiger partial charge >= 0.3 is 0 Å². The van der Waals surface area contributed by atoms with Crippen LogP contribution in [0.15, 0.2) is 60.5 Å². The lowest BCUT2D eigenvalue weighted by Gasteiger charge is -2.53. The Morgan fingerprint density at radius 1 is 1.07 bits per heavy atom. The molecule has 1 aromatic carbocycles. The lowest BCUT2D eigenvalue weighted by Crippen LogP contribution is -2.58. The summed E-state index contributed by atoms with van der Waals surface area (Å²) >= 11 is 0. The molecule has 2 heterocycles. The van der Waals surface area contributed by atoms with Gasteiger partial charge in [-0.05, 0) is 96.3 Å². The van der Waals surface area contributed by atoms with Crippen LogP contribution in [0.1, 0.15) is 64.2 Å². The Morgan fingerprint density at radius 3 is 2.21 bits per heavy atom. The molecule has 0 radical (unpaired) electrons. The van der Waals surface area contributed by atoms with Gasteiger partial charge in [0.2, 0.25) is 0 Å². The Kier molecular flexibility index (Phi) is 5.42. The summed E-state index contributed by atoms with van der Waals surface area (Å²) in [5.41, 5.74) is 4.18. The number of carbonyl (C=O) groups is 1. The Hall–Kier alpha value is -2.13. The molecule has 1 saturated heterocycles. The van der Waals surface area contributed by atoms with E-state index in [9.17, 15) is 4.79 Å². The molecule has 3 nitrogen and oxygen atoms in total. The van der Waals surface area contributed by atoms with Gasteiger partial charge in [0.05, 0.1) is 0 Å². The standard InChI is InChI=1S/C25H34N2O/c1-18-8-9-19(2)27(17-18)22-12-10-21(11-13-22)23(28)14-20-15-24(3,4)26(7)25(5,6)16-20/h8-13,17,20H,2,14-16H2,1,3-7H3. The topological polar surface area (TPSA) is 23.6 Å². The second kappa shape index (κ2) is 7.36. The third-order valence-electron chi connectivity index (χ3n) is 6.51. The molecule has 0 amide bonds. The first-order valence-corrected chi connectivity index (χ1v) is 10.2. The van der Waals surface area contributed by atoms with Crippen LogP contribution in [0, 0.1) is 5.92 Å². The Morgan fingerprint density at radius 2 is 1.64 bits per heavy atom. The van der Waals surface area contributed by atoms with E-state index in [4.69, 9.17) is 0 Å². The summed E-state index contributed by atoms with van der Waals surface area (Å²) in [6.45, 7) is 15.3. The van der Waals surface area contributed by atoms with E-state index in [0.29, 0.717) is 12.3 Å². The molecule has 150 valence electrons. The van der Waals surface area contributed by atoms with Gasteiger partial charge in [0.1, 0.15) is 0 Å². The number of piperidine rings is 1. The zero-order chi connectivity index (χ0) is 20.7. The molecule has 1 fully saturated rings. The molecule has 0 bridgehead atoms. The predicted molar refractivity (Wildman–Crippen MR) is 119 cm³/mol. The fourth-order valence-corrected chi connectivity index (χ4v) is 4.79. The Bertz CT molecular complexity index is 809. The first kappa shape index (κ1) is 20.6. The molecule has 0 aromatic heterocycles. The van der Waals surface area contributed by atoms with Crippen LogP contribution in [0.2, 0.25) is 0 Å². The van der Waals surface area contributed by atoms with Crippen molar-refractivity contribution in [2.75, 3.05) is 11.9 Å². The predicted octanol–water partition coefficient (Wildman–Crippen LogP) is 5.95. The Balaban J connectivity index is 1.70. The number of nitrogens with zero attached hydrogens (tertiary/aromatic N) is 2. The monoisotopic (exact) mass is 378 g/mol. The van der Waals surface area contributed by atoms with Gasteiger partial charge in [0.15, 0.2) is 5.78 Å². The highest BCUT2D eigenvalue weighted by molar-refractivity contribution is 5.96. The molecule has 0 atom stereocenters. The van der Waals surface area contributed by atoms with E-state index < -0.39 is 0 Å². The van der Waals surface area contributed by atoms with Crippen molar-refractivity contribution < 1.29 is 4.79 Å². The van der Waals surface area contributed by atoms with Crippen LogP contribution in [-0.4, -0.2) is 28.8 Å². The molecule has 0 unspecified atom stereocenters. The quantitative estimate of drug-likeness (QED) is 0.605. The van der Waals surface area contributed by atoms with Gasteiger partial charge in [-0.2, -0.15) is 0 Å². The number of Topliss-reactive ketones (excluding diaryl/α,β-unsaturated/α-hetero) is 1. The molecule has 3 heteroatoms. The molecule has 2 aliphatic rings. The molecular weight excluding hydrogens is 344 g/mol. The van der Waals surface area contributed by atoms with Crippen molar-refractivity contribution in [3.05, 3.63) is 66.0 Å². The maximum atomic E-state index is 13.0. The number of rotatable bonds is 4. The molecule has 0 aliphatic carbocycles. The summed E-state index contributed by atoms with van der Waals surface area (Å²) in [6, 6.07) is 7.95. The van der Waals surface area contributed by atoms with Crippen LogP contribution in [0.3, 0.4) is 0 Å². The van der Waals surface area contributed by atoms with Crippen molar-refractivity contribution in [3.8, 4) is 0 Å². The SMILES string of the molecule is C=C1C=CC(C)=CN1c1ccc(C(=O)CC2CC(C)(C)N(C)C(C)(C)C2)cc1. The lowest BCUT2D eigenvalue weighted by molar-refractivity contribution is -0.0300. The fraction of sp³-hybridized carbons (Fsp3) is 0.480. The van der Waals surface area contributed by atoms with Crippen LogP contribution in [0.4, 0.5) is 5.69 Å². The number of anilines is 1. The molecule has 0 spiro atoms. The minimum absolute atomic E-state index is 0.114. The van der Waals surface area contributed by atoms with Crippen LogP contribution in [0.5, 0.6) is 0 Å². The van der Waals surface area contributed by atoms with Gasteiger partial charge in [-0.15, -0.1) is 0 Å². The summed E-state index contributed by atoms with van der Waals surface area (Å²) in [5, 5.41) is 0. The second-order valence-electron chi connectivity index (χ2n) is 9.70. The van der Waals surface area contributed by atoms with Crippen molar-refractivity contribution in [2.24, 2.45) is 5.92 Å². The Labute approximate surface area is 170 Å². The van der Waals surface area contributed by atoms with E-state index >= 15 is 0 Å². The number of carbonyl (C=O) groups excluding carboxylic acids is 1. The zero-order valence-electron chi connectivity index (χ0n) is 18.2. The third-order valence-corrected chi connectivity index (χ3v) is 6.51. The van der Waals surface area contributed by atoms with Crippen molar-refractivity contribution in [1.82, 2.24) is 4.90 Å². The summed E-state index contributed by atoms with van der Waals surface area (Å²) in [4.78, 5) is 17.5. The molecule has 0 saturated carbocycles. The molecule has 1 aromatic rings. The molecule has 2 aliphatic heterocycles. The van der Waals surface area contributed by atoms with Crippen LogP contribution in [0.25, 0.3) is 0 Å². The first-order valence-electron chi connectivity index (χ1n) is 10.2. The second-order valence-corrected chi connectivity index (χ2v) is 9.70. The van der Waals surface area contributed by atoms with E-state index in [2.05, 4.69) is 70.3 Å². The highest BCUT2D eigenvalue weighted by atomic mass is 16.1. The van der Waals surface area contributed by atoms with Crippen molar-refractivity contribution in [2.45, 2.75) is 65.0 Å². The number of ketones is 1. The maximum Gasteiger partial charge on any atom is 0.163 e. The van der Waals surface area contributed by atoms with E-state index in [-0.39, 0.29) is 16.9 Å². The highest BCUT2D eigenvalue weighted by Gasteiger charge is 2.43. The zero-order valence-corrected chi connectivity index (χ0v) is 18.2. The van der Waals surface area contributed by atoms with Gasteiger partial charge in [-0.3, -0.25) is 9.69 Å². The molecule has 3 rings (SSSR count). The average Bonchev–Trinajstić information content (AvgIpc) is 2.61. The average molecular weight is 379 g/mol. The van der Waals surface area contributed by atoms with E-state index in [1.807, 2.05) is 30.3 Å². The third kappa shape index (κ3) is 4.15. The van der Waals surface area contributed by atoms with Gasteiger partial charge in [-0.1, -0.05) is 12.7 Å². The minimum atomic E-state index is 0.114. The van der Waals surface area contributed by atoms with Gasteiger partial charge in [0, 0.05) is 40.6 Å². The van der Waals surface area contributed by atoms with Crippen LogP contribution in [-0.2, 0) is 0 Å². The van der Waals surface area contributed by atoms with Crippen molar-refractivity contribution in [3.63, 3.8) is 0 Å². The number of allylic oxidation sites excluding steroid dienone is 3. The van der Waals surface area contributed by atoms with Gasteiger partial charge in [-0.25, -0.2) is 0 Å². The number of hydrogen-bond acceptors (Lipinski definition) is 3. The number of benzene rings is 1.